The molecule has 1 rings (SSSR count). The van der Waals surface area contributed by atoms with Gasteiger partial charge < -0.3 is 20.3 Å². The van der Waals surface area contributed by atoms with Gasteiger partial charge in [0.15, 0.2) is 6.04 Å². The van der Waals surface area contributed by atoms with Crippen molar-refractivity contribution in [1.82, 2.24) is 10.3 Å². The first-order chi connectivity index (χ1) is 9.61. The number of carbonyl (C=O) groups is 2. The lowest BCUT2D eigenvalue weighted by Crippen LogP contribution is -2.47. The van der Waals surface area contributed by atoms with E-state index in [4.69, 9.17) is 4.74 Å². The van der Waals surface area contributed by atoms with Gasteiger partial charge in [-0.3, -0.25) is 4.98 Å². The lowest BCUT2D eigenvalue weighted by atomic mass is 10.0. The Hall–Kier alpha value is -2.15. The Morgan fingerprint density at radius 3 is 2.48 bits per heavy atom. The highest BCUT2D eigenvalue weighted by Gasteiger charge is 2.32. The molecular formula is C14H20N2O5. The average Bonchev–Trinajstić information content (AvgIpc) is 2.33. The summed E-state index contributed by atoms with van der Waals surface area (Å²) in [5.74, 6) is -1.38. The highest BCUT2D eigenvalue weighted by Crippen LogP contribution is 2.19. The number of nitrogens with one attached hydrogen (secondary N) is 1. The summed E-state index contributed by atoms with van der Waals surface area (Å²) in [5, 5.41) is 21.5. The molecular weight excluding hydrogens is 276 g/mol. The molecule has 0 saturated carbocycles. The van der Waals surface area contributed by atoms with Gasteiger partial charge in [-0.15, -0.1) is 0 Å². The molecule has 3 N–H and O–H groups in total. The highest BCUT2D eigenvalue weighted by atomic mass is 16.6. The maximum atomic E-state index is 11.7. The number of rotatable bonds is 4. The van der Waals surface area contributed by atoms with E-state index in [-0.39, 0.29) is 5.69 Å². The standard InChI is InChI=1S/C14H20N2O5/c1-8-6-5-7-15-9(8)11(17)10(12(18)19)16-13(20)21-14(2,3)4/h5-7,10-11,17H,1-4H3,(H,16,20)(H,18,19)/t10-,11-/m1/s1. The number of alkyl carbamates (subject to hydrolysis) is 1. The molecule has 7 nitrogen and oxygen atoms in total. The Bertz CT molecular complexity index is 524. The smallest absolute Gasteiger partial charge is 0.408 e. The normalized spacial score (nSPS) is 14.1. The van der Waals surface area contributed by atoms with E-state index < -0.39 is 29.8 Å². The third kappa shape index (κ3) is 5.03. The van der Waals surface area contributed by atoms with Gasteiger partial charge in [-0.2, -0.15) is 0 Å². The number of aliphatic hydroxyl groups is 1. The van der Waals surface area contributed by atoms with E-state index in [1.807, 2.05) is 0 Å². The van der Waals surface area contributed by atoms with Crippen LogP contribution in [0.3, 0.4) is 0 Å². The molecule has 0 radical (unpaired) electrons. The number of carboxylic acids is 1. The van der Waals surface area contributed by atoms with Crippen molar-refractivity contribution < 1.29 is 24.5 Å². The monoisotopic (exact) mass is 296 g/mol. The molecule has 0 aliphatic carbocycles. The molecule has 1 heterocycles. The number of pyridine rings is 1. The fourth-order valence-electron chi connectivity index (χ4n) is 1.68. The first-order valence-corrected chi connectivity index (χ1v) is 6.43. The second kappa shape index (κ2) is 6.53. The van der Waals surface area contributed by atoms with Crippen LogP contribution in [0.1, 0.15) is 38.1 Å². The summed E-state index contributed by atoms with van der Waals surface area (Å²) < 4.78 is 4.99. The molecule has 0 spiro atoms. The fourth-order valence-corrected chi connectivity index (χ4v) is 1.68. The van der Waals surface area contributed by atoms with Crippen LogP contribution >= 0.6 is 0 Å². The second-order valence-electron chi connectivity index (χ2n) is 5.61. The van der Waals surface area contributed by atoms with Crippen LogP contribution in [0.25, 0.3) is 0 Å². The number of aliphatic carboxylic acids is 1. The Balaban J connectivity index is 2.90. The topological polar surface area (TPSA) is 109 Å². The molecule has 0 unspecified atom stereocenters. The highest BCUT2D eigenvalue weighted by molar-refractivity contribution is 5.80. The van der Waals surface area contributed by atoms with E-state index in [0.29, 0.717) is 5.56 Å². The molecule has 2 atom stereocenters. The van der Waals surface area contributed by atoms with Crippen LogP contribution in [-0.2, 0) is 9.53 Å². The van der Waals surface area contributed by atoms with E-state index in [0.717, 1.165) is 0 Å². The van der Waals surface area contributed by atoms with Crippen molar-refractivity contribution in [3.05, 3.63) is 29.6 Å². The van der Waals surface area contributed by atoms with Crippen LogP contribution in [0.4, 0.5) is 4.79 Å². The Kier molecular flexibility index (Phi) is 5.26. The summed E-state index contributed by atoms with van der Waals surface area (Å²) in [4.78, 5) is 26.9. The third-order valence-electron chi connectivity index (χ3n) is 2.58. The number of aliphatic hydroxyl groups excluding tert-OH is 1. The Morgan fingerprint density at radius 1 is 1.38 bits per heavy atom. The van der Waals surface area contributed by atoms with Crippen molar-refractivity contribution >= 4 is 12.1 Å². The van der Waals surface area contributed by atoms with Gasteiger partial charge in [0.25, 0.3) is 0 Å². The summed E-state index contributed by atoms with van der Waals surface area (Å²) in [5.41, 5.74) is 0.0575. The van der Waals surface area contributed by atoms with Crippen LogP contribution in [0, 0.1) is 6.92 Å². The van der Waals surface area contributed by atoms with Crippen LogP contribution in [0.2, 0.25) is 0 Å². The number of amides is 1. The minimum absolute atomic E-state index is 0.195. The number of carboxylic acid groups (broad SMARTS) is 1. The number of hydrogen-bond donors (Lipinski definition) is 3. The quantitative estimate of drug-likeness (QED) is 0.775. The van der Waals surface area contributed by atoms with Crippen LogP contribution < -0.4 is 5.32 Å². The zero-order valence-corrected chi connectivity index (χ0v) is 12.5. The second-order valence-corrected chi connectivity index (χ2v) is 5.61. The first kappa shape index (κ1) is 16.9. The van der Waals surface area contributed by atoms with E-state index in [1.54, 1.807) is 39.8 Å². The van der Waals surface area contributed by atoms with Gasteiger partial charge in [0.05, 0.1) is 5.69 Å². The molecule has 21 heavy (non-hydrogen) atoms. The lowest BCUT2D eigenvalue weighted by Gasteiger charge is -2.24. The third-order valence-corrected chi connectivity index (χ3v) is 2.58. The minimum Gasteiger partial charge on any atom is -0.480 e. The van der Waals surface area contributed by atoms with Crippen LogP contribution in [0.15, 0.2) is 18.3 Å². The van der Waals surface area contributed by atoms with Crippen molar-refractivity contribution in [3.8, 4) is 0 Å². The maximum absolute atomic E-state index is 11.7. The van der Waals surface area contributed by atoms with E-state index in [2.05, 4.69) is 10.3 Å². The summed E-state index contributed by atoms with van der Waals surface area (Å²) in [6.07, 6.45) is -0.948. The van der Waals surface area contributed by atoms with Crippen molar-refractivity contribution in [2.75, 3.05) is 0 Å². The predicted molar refractivity (Wildman–Crippen MR) is 74.7 cm³/mol. The van der Waals surface area contributed by atoms with Crippen LogP contribution in [-0.4, -0.2) is 38.9 Å². The summed E-state index contributed by atoms with van der Waals surface area (Å²) in [6.45, 7) is 6.66. The largest absolute Gasteiger partial charge is 0.480 e. The summed E-state index contributed by atoms with van der Waals surface area (Å²) in [6, 6.07) is 1.81. The van der Waals surface area contributed by atoms with E-state index in [9.17, 15) is 19.8 Å². The molecule has 1 aromatic heterocycles. The number of nitrogens with zero attached hydrogens (tertiary/aromatic N) is 1. The van der Waals surface area contributed by atoms with Gasteiger partial charge in [0.1, 0.15) is 11.7 Å². The summed E-state index contributed by atoms with van der Waals surface area (Å²) in [7, 11) is 0. The molecule has 1 aromatic rings. The Morgan fingerprint density at radius 2 is 2.00 bits per heavy atom. The van der Waals surface area contributed by atoms with Crippen molar-refractivity contribution in [2.24, 2.45) is 0 Å². The Labute approximate surface area is 123 Å². The number of carbonyl (C=O) groups excluding carboxylic acids is 1. The van der Waals surface area contributed by atoms with Crippen molar-refractivity contribution in [1.29, 1.82) is 0 Å². The first-order valence-electron chi connectivity index (χ1n) is 6.43. The summed E-state index contributed by atoms with van der Waals surface area (Å²) >= 11 is 0. The molecule has 0 aliphatic rings. The van der Waals surface area contributed by atoms with E-state index >= 15 is 0 Å². The van der Waals surface area contributed by atoms with Gasteiger partial charge in [-0.05, 0) is 39.3 Å². The predicted octanol–water partition coefficient (Wildman–Crippen LogP) is 1.40. The van der Waals surface area contributed by atoms with Crippen molar-refractivity contribution in [2.45, 2.75) is 45.4 Å². The van der Waals surface area contributed by atoms with E-state index in [1.165, 1.54) is 6.20 Å². The molecule has 0 aliphatic heterocycles. The molecule has 1 amide bonds. The zero-order valence-electron chi connectivity index (χ0n) is 12.5. The maximum Gasteiger partial charge on any atom is 0.408 e. The average molecular weight is 296 g/mol. The molecule has 0 bridgehead atoms. The van der Waals surface area contributed by atoms with Gasteiger partial charge in [0.2, 0.25) is 0 Å². The molecule has 0 aromatic carbocycles. The van der Waals surface area contributed by atoms with Gasteiger partial charge >= 0.3 is 12.1 Å². The number of hydrogen-bond acceptors (Lipinski definition) is 5. The van der Waals surface area contributed by atoms with Gasteiger partial charge in [-0.25, -0.2) is 9.59 Å². The van der Waals surface area contributed by atoms with Gasteiger partial charge in [0, 0.05) is 6.20 Å². The number of aromatic nitrogens is 1. The minimum atomic E-state index is -1.55. The van der Waals surface area contributed by atoms with Gasteiger partial charge in [-0.1, -0.05) is 6.07 Å². The van der Waals surface area contributed by atoms with Crippen LogP contribution in [0.5, 0.6) is 0 Å². The fraction of sp³-hybridized carbons (Fsp3) is 0.500. The molecule has 0 fully saturated rings. The molecule has 0 saturated heterocycles. The lowest BCUT2D eigenvalue weighted by molar-refractivity contribution is -0.142. The number of aryl methyl sites for hydroxylation is 1. The molecule has 7 heteroatoms. The molecule has 116 valence electrons. The van der Waals surface area contributed by atoms with Crippen molar-refractivity contribution in [3.63, 3.8) is 0 Å². The zero-order chi connectivity index (χ0) is 16.2. The SMILES string of the molecule is Cc1cccnc1[C@@H](O)[C@@H](NC(=O)OC(C)(C)C)C(=O)O. The number of ether oxygens (including phenoxy) is 1.